The molecule has 5 atom stereocenters. The zero-order valence-electron chi connectivity index (χ0n) is 30.5. The maximum absolute atomic E-state index is 14.4. The first-order chi connectivity index (χ1) is 25.1. The Kier molecular flexibility index (Phi) is 11.3. The zero-order valence-corrected chi connectivity index (χ0v) is 32.1. The Bertz CT molecular complexity index is 1820. The van der Waals surface area contributed by atoms with Crippen LogP contribution in [0.15, 0.2) is 36.1 Å². The van der Waals surface area contributed by atoms with Crippen LogP contribution in [0, 0.1) is 11.8 Å². The van der Waals surface area contributed by atoms with Gasteiger partial charge in [0.2, 0.25) is 21.8 Å². The van der Waals surface area contributed by atoms with Crippen molar-refractivity contribution in [1.82, 2.24) is 19.8 Å². The first-order valence-corrected chi connectivity index (χ1v) is 20.5. The van der Waals surface area contributed by atoms with Crippen molar-refractivity contribution in [2.24, 2.45) is 11.8 Å². The second kappa shape index (κ2) is 15.5. The van der Waals surface area contributed by atoms with E-state index in [1.807, 2.05) is 18.2 Å². The van der Waals surface area contributed by atoms with E-state index in [4.69, 9.17) is 21.1 Å². The normalized spacial score (nSPS) is 27.9. The molecule has 1 aromatic rings. The molecule has 1 saturated heterocycles. The molecule has 1 aromatic carbocycles. The molecule has 0 unspecified atom stereocenters. The molecule has 15 heteroatoms. The van der Waals surface area contributed by atoms with Crippen LogP contribution in [-0.4, -0.2) is 89.6 Å². The monoisotopic (exact) mass is 772 g/mol. The molecule has 0 spiro atoms. The maximum Gasteiger partial charge on any atom is 0.410 e. The van der Waals surface area contributed by atoms with Crippen molar-refractivity contribution >= 4 is 51.4 Å². The van der Waals surface area contributed by atoms with Crippen molar-refractivity contribution < 1.29 is 41.9 Å². The molecule has 2 N–H and O–H groups in total. The van der Waals surface area contributed by atoms with Gasteiger partial charge in [0.05, 0.1) is 24.8 Å². The van der Waals surface area contributed by atoms with E-state index in [1.165, 1.54) is 9.80 Å². The number of hydrogen-bond acceptors (Lipinski definition) is 9. The summed E-state index contributed by atoms with van der Waals surface area (Å²) in [6.07, 6.45) is 6.69. The second-order valence-corrected chi connectivity index (χ2v) is 18.3. The molecular formula is C38H49ClN4O9S. The summed E-state index contributed by atoms with van der Waals surface area (Å²) in [5.74, 6) is -3.86. The van der Waals surface area contributed by atoms with Gasteiger partial charge in [-0.05, 0) is 95.1 Å². The lowest BCUT2D eigenvalue weighted by Gasteiger charge is -2.30. The number of fused-ring (bicyclic) bond motifs is 3. The largest absolute Gasteiger partial charge is 0.460 e. The number of nitrogens with zero attached hydrogens (tertiary/aromatic N) is 2. The Morgan fingerprint density at radius 1 is 1.11 bits per heavy atom. The fourth-order valence-corrected chi connectivity index (χ4v) is 9.05. The third kappa shape index (κ3) is 9.27. The minimum Gasteiger partial charge on any atom is -0.460 e. The summed E-state index contributed by atoms with van der Waals surface area (Å²) in [4.78, 5) is 71.8. The van der Waals surface area contributed by atoms with Crippen molar-refractivity contribution in [3.63, 3.8) is 0 Å². The highest BCUT2D eigenvalue weighted by atomic mass is 35.5. The number of carbonyl (C=O) groups excluding carboxylic acids is 5. The SMILES string of the molecule is CC(C)(C)OC(=O)C[C@H]1CCCCCC=C=C[C@@H]2C[C@@]2(C(=O)NS(=O)(=O)C2CC2)NC(=O)[C@@H]2C[C@@H](OC(=O)N3CCc4cccc(Cl)c4C3)CN2C1=O. The lowest BCUT2D eigenvalue weighted by atomic mass is 9.95. The van der Waals surface area contributed by atoms with Crippen LogP contribution in [0.1, 0.15) is 96.1 Å². The molecule has 2 aliphatic carbocycles. The summed E-state index contributed by atoms with van der Waals surface area (Å²) < 4.78 is 39.3. The van der Waals surface area contributed by atoms with Crippen LogP contribution in [0.2, 0.25) is 5.02 Å². The molecule has 3 aliphatic heterocycles. The highest BCUT2D eigenvalue weighted by Crippen LogP contribution is 2.46. The van der Waals surface area contributed by atoms with Gasteiger partial charge in [-0.1, -0.05) is 36.6 Å². The quantitative estimate of drug-likeness (QED) is 0.316. The number of benzene rings is 1. The third-order valence-electron chi connectivity index (χ3n) is 10.6. The Balaban J connectivity index is 1.26. The van der Waals surface area contributed by atoms with E-state index in [9.17, 15) is 32.4 Å². The molecule has 0 aromatic heterocycles. The van der Waals surface area contributed by atoms with E-state index in [-0.39, 0.29) is 32.4 Å². The molecule has 0 radical (unpaired) electrons. The van der Waals surface area contributed by atoms with Crippen molar-refractivity contribution in [3.8, 4) is 0 Å². The molecule has 53 heavy (non-hydrogen) atoms. The minimum atomic E-state index is -3.92. The van der Waals surface area contributed by atoms with Crippen LogP contribution in [0.4, 0.5) is 4.79 Å². The molecule has 4 amide bonds. The number of esters is 1. The molecule has 5 aliphatic rings. The van der Waals surface area contributed by atoms with Crippen LogP contribution in [0.3, 0.4) is 0 Å². The Morgan fingerprint density at radius 3 is 2.62 bits per heavy atom. The number of carbonyl (C=O) groups is 5. The molecule has 6 rings (SSSR count). The van der Waals surface area contributed by atoms with Crippen LogP contribution >= 0.6 is 11.6 Å². The van der Waals surface area contributed by atoms with Gasteiger partial charge < -0.3 is 24.6 Å². The maximum atomic E-state index is 14.4. The average molecular weight is 773 g/mol. The summed E-state index contributed by atoms with van der Waals surface area (Å²) in [5.41, 5.74) is 2.65. The number of rotatable bonds is 6. The van der Waals surface area contributed by atoms with Gasteiger partial charge in [0.1, 0.15) is 23.3 Å². The van der Waals surface area contributed by atoms with Crippen molar-refractivity contribution in [2.75, 3.05) is 13.1 Å². The first-order valence-electron chi connectivity index (χ1n) is 18.6. The van der Waals surface area contributed by atoms with Gasteiger partial charge in [-0.2, -0.15) is 0 Å². The lowest BCUT2D eigenvalue weighted by molar-refractivity contribution is -0.159. The number of sulfonamides is 1. The molecule has 2 saturated carbocycles. The second-order valence-electron chi connectivity index (χ2n) is 15.9. The summed E-state index contributed by atoms with van der Waals surface area (Å²) in [5, 5.41) is 2.71. The molecule has 288 valence electrons. The van der Waals surface area contributed by atoms with E-state index < -0.39 is 80.2 Å². The lowest BCUT2D eigenvalue weighted by Crippen LogP contribution is -2.57. The van der Waals surface area contributed by atoms with E-state index in [1.54, 1.807) is 32.9 Å². The van der Waals surface area contributed by atoms with Gasteiger partial charge in [-0.15, -0.1) is 5.73 Å². The topological polar surface area (TPSA) is 168 Å². The van der Waals surface area contributed by atoms with Gasteiger partial charge in [0, 0.05) is 29.8 Å². The summed E-state index contributed by atoms with van der Waals surface area (Å²) in [7, 11) is -3.92. The van der Waals surface area contributed by atoms with Gasteiger partial charge >= 0.3 is 12.1 Å². The Morgan fingerprint density at radius 2 is 1.89 bits per heavy atom. The van der Waals surface area contributed by atoms with Gasteiger partial charge in [0.25, 0.3) is 5.91 Å². The van der Waals surface area contributed by atoms with Crippen LogP contribution < -0.4 is 10.0 Å². The van der Waals surface area contributed by atoms with E-state index >= 15 is 0 Å². The van der Waals surface area contributed by atoms with E-state index in [2.05, 4.69) is 15.8 Å². The van der Waals surface area contributed by atoms with Crippen molar-refractivity contribution in [3.05, 3.63) is 52.2 Å². The molecule has 0 bridgehead atoms. The molecule has 13 nitrogen and oxygen atoms in total. The smallest absolute Gasteiger partial charge is 0.410 e. The Labute approximate surface area is 315 Å². The predicted molar refractivity (Wildman–Crippen MR) is 195 cm³/mol. The van der Waals surface area contributed by atoms with E-state index in [0.717, 1.165) is 24.0 Å². The summed E-state index contributed by atoms with van der Waals surface area (Å²) >= 11 is 6.43. The van der Waals surface area contributed by atoms with E-state index in [0.29, 0.717) is 50.1 Å². The number of hydrogen-bond donors (Lipinski definition) is 2. The van der Waals surface area contributed by atoms with Crippen LogP contribution in [0.25, 0.3) is 0 Å². The minimum absolute atomic E-state index is 0.0634. The fourth-order valence-electron chi connectivity index (χ4n) is 7.44. The van der Waals surface area contributed by atoms with Crippen LogP contribution in [-0.2, 0) is 51.6 Å². The molecular weight excluding hydrogens is 724 g/mol. The number of amides is 4. The predicted octanol–water partition coefficient (Wildman–Crippen LogP) is 4.31. The van der Waals surface area contributed by atoms with Crippen LogP contribution in [0.5, 0.6) is 0 Å². The van der Waals surface area contributed by atoms with Gasteiger partial charge in [-0.3, -0.25) is 23.9 Å². The van der Waals surface area contributed by atoms with Gasteiger partial charge in [-0.25, -0.2) is 13.2 Å². The van der Waals surface area contributed by atoms with Gasteiger partial charge in [0.15, 0.2) is 0 Å². The number of nitrogens with one attached hydrogen (secondary N) is 2. The summed E-state index contributed by atoms with van der Waals surface area (Å²) in [6, 6.07) is 4.43. The fraction of sp³-hybridized carbons (Fsp3) is 0.632. The Hall–Kier alpha value is -3.87. The highest BCUT2D eigenvalue weighted by molar-refractivity contribution is 7.91. The van der Waals surface area contributed by atoms with Crippen molar-refractivity contribution in [1.29, 1.82) is 0 Å². The number of ether oxygens (including phenoxy) is 2. The zero-order chi connectivity index (χ0) is 38.1. The first kappa shape index (κ1) is 38.8. The standard InChI is InChI=1S/C38H49ClN4O9S/c1-37(2,3)52-32(44)19-25-11-8-6-4-5-7-9-13-26-21-38(26,35(47)41-53(49,50)28-15-16-28)40-33(45)31-20-27(22-43(31)34(25)46)51-36(48)42-18-17-24-12-10-14-30(39)29(24)23-42/h7,10,12-14,25-28,31H,4-6,8,11,15-23H2,1-3H3,(H,40,45)(H,41,47)/t9?,25-,26-,27-,31+,38-/m1/s1. The highest BCUT2D eigenvalue weighted by Gasteiger charge is 2.62. The summed E-state index contributed by atoms with van der Waals surface area (Å²) in [6.45, 7) is 5.77. The molecule has 3 heterocycles. The van der Waals surface area contributed by atoms with Crippen molar-refractivity contribution in [2.45, 2.75) is 126 Å². The third-order valence-corrected chi connectivity index (χ3v) is 12.7. The average Bonchev–Trinajstić information content (AvgIpc) is 4.01. The number of halogens is 1. The molecule has 3 fully saturated rings.